The molecule has 0 fully saturated rings. The second-order valence-corrected chi connectivity index (χ2v) is 35.8. The Hall–Kier alpha value is 0.439. The molecule has 0 aliphatic heterocycles. The first kappa shape index (κ1) is 33.5. The van der Waals surface area contributed by atoms with Gasteiger partial charge in [-0.1, -0.05) is 0 Å². The number of nitrogens with zero attached hydrogens (tertiary/aromatic N) is 2. The van der Waals surface area contributed by atoms with Crippen molar-refractivity contribution in [2.24, 2.45) is 0 Å². The molecule has 1 atom stereocenters. The van der Waals surface area contributed by atoms with Gasteiger partial charge >= 0.3 is 233 Å². The van der Waals surface area contributed by atoms with Gasteiger partial charge in [0.25, 0.3) is 0 Å². The molecule has 0 aliphatic rings. The maximum absolute atomic E-state index is 7.64. The van der Waals surface area contributed by atoms with Gasteiger partial charge in [-0.05, 0) is 0 Å². The molecule has 0 amide bonds. The molecule has 8 heteroatoms. The van der Waals surface area contributed by atoms with Gasteiger partial charge in [-0.25, -0.2) is 0 Å². The van der Waals surface area contributed by atoms with E-state index in [1.165, 1.54) is 22.4 Å². The summed E-state index contributed by atoms with van der Waals surface area (Å²) in [4.78, 5) is 0. The quantitative estimate of drug-likeness (QED) is 0.243. The van der Waals surface area contributed by atoms with Crippen LogP contribution in [-0.4, -0.2) is 46.8 Å². The number of hydrogen-bond donors (Lipinski definition) is 1. The molecule has 0 aliphatic carbocycles. The monoisotopic (exact) mass is 617 g/mol. The molecular formula is C27H57AsClN3Si3. The first-order valence-electron chi connectivity index (χ1n) is 13.1. The van der Waals surface area contributed by atoms with Gasteiger partial charge in [-0.15, -0.1) is 0 Å². The third-order valence-corrected chi connectivity index (χ3v) is 24.1. The predicted octanol–water partition coefficient (Wildman–Crippen LogP) is 9.24. The number of nitrogens with one attached hydrogen (secondary N) is 1. The Labute approximate surface area is 231 Å². The summed E-state index contributed by atoms with van der Waals surface area (Å²) in [7, 11) is 2.61. The van der Waals surface area contributed by atoms with E-state index >= 15 is 0 Å². The zero-order chi connectivity index (χ0) is 28.2. The molecule has 0 heterocycles. The van der Waals surface area contributed by atoms with Crippen LogP contribution in [0.2, 0.25) is 58.9 Å². The second-order valence-electron chi connectivity index (χ2n) is 16.2. The van der Waals surface area contributed by atoms with Crippen molar-refractivity contribution in [2.75, 3.05) is 4.23 Å². The van der Waals surface area contributed by atoms with Crippen LogP contribution in [0.3, 0.4) is 0 Å². The molecule has 0 bridgehead atoms. The Bertz CT molecular complexity index is 831. The first-order chi connectivity index (χ1) is 15.1. The van der Waals surface area contributed by atoms with E-state index in [4.69, 9.17) is 9.95 Å². The molecule has 3 nitrogen and oxygen atoms in total. The van der Waals surface area contributed by atoms with Gasteiger partial charge in [0.05, 0.1) is 0 Å². The zero-order valence-electron chi connectivity index (χ0n) is 26.4. The molecule has 35 heavy (non-hydrogen) atoms. The normalized spacial score (nSPS) is 15.7. The van der Waals surface area contributed by atoms with E-state index in [0.717, 1.165) is 0 Å². The van der Waals surface area contributed by atoms with E-state index in [-0.39, 0.29) is 16.2 Å². The van der Waals surface area contributed by atoms with Gasteiger partial charge in [0.15, 0.2) is 0 Å². The van der Waals surface area contributed by atoms with Crippen LogP contribution in [0.15, 0.2) is 12.1 Å². The SMILES string of the molecule is CC(C)(C)c1cc(C(C)(C)C)c(N[As](Cl)N(N([Si](C)(C)C)[Si](C)(C)C)[Si](C)(C)C)c(C(C)(C)C)c1. The Morgan fingerprint density at radius 3 is 1.20 bits per heavy atom. The summed E-state index contributed by atoms with van der Waals surface area (Å²) in [5.74, 6) is 0. The minimum atomic E-state index is -2.16. The summed E-state index contributed by atoms with van der Waals surface area (Å²) in [6.45, 7) is 43.3. The fraction of sp³-hybridized carbons (Fsp3) is 0.778. The molecule has 0 aromatic heterocycles. The third kappa shape index (κ3) is 8.73. The summed E-state index contributed by atoms with van der Waals surface area (Å²) in [5.41, 5.74) is 5.57. The van der Waals surface area contributed by atoms with Crippen molar-refractivity contribution in [1.82, 2.24) is 7.93 Å². The number of benzene rings is 1. The van der Waals surface area contributed by atoms with Crippen LogP contribution in [-0.2, 0) is 16.2 Å². The Morgan fingerprint density at radius 2 is 0.971 bits per heavy atom. The fourth-order valence-electron chi connectivity index (χ4n) is 4.73. The Kier molecular flexibility index (Phi) is 10.1. The standard InChI is InChI=1S/C27H57AsClN3Si3/c1-25(2,3)21-19-22(26(4,5)6)24(23(20-21)27(7,8)9)30-28(29)31(33(10,11)12)32(34(13,14)15)35(16,17)18/h19-20,30H,1-18H3. The summed E-state index contributed by atoms with van der Waals surface area (Å²) >= 11 is -2.16. The topological polar surface area (TPSA) is 18.5 Å². The van der Waals surface area contributed by atoms with Crippen LogP contribution in [0.4, 0.5) is 5.69 Å². The van der Waals surface area contributed by atoms with Crippen LogP contribution in [0.1, 0.15) is 79.0 Å². The van der Waals surface area contributed by atoms with Crippen molar-refractivity contribution >= 4 is 54.5 Å². The molecule has 204 valence electrons. The average Bonchev–Trinajstić information content (AvgIpc) is 2.53. The fourth-order valence-corrected chi connectivity index (χ4v) is 32.9. The molecule has 1 rings (SSSR count). The molecule has 0 radical (unpaired) electrons. The van der Waals surface area contributed by atoms with Crippen molar-refractivity contribution in [3.05, 3.63) is 28.8 Å². The van der Waals surface area contributed by atoms with Crippen LogP contribution in [0.5, 0.6) is 0 Å². The van der Waals surface area contributed by atoms with Crippen LogP contribution in [0, 0.1) is 0 Å². The summed E-state index contributed by atoms with van der Waals surface area (Å²) in [6, 6.07) is 4.90. The van der Waals surface area contributed by atoms with Gasteiger partial charge in [-0.2, -0.15) is 0 Å². The maximum atomic E-state index is 7.64. The van der Waals surface area contributed by atoms with Gasteiger partial charge in [0, 0.05) is 0 Å². The number of anilines is 1. The van der Waals surface area contributed by atoms with Gasteiger partial charge in [0.1, 0.15) is 0 Å². The van der Waals surface area contributed by atoms with Gasteiger partial charge in [-0.3, -0.25) is 0 Å². The molecule has 1 N–H and O–H groups in total. The van der Waals surface area contributed by atoms with Crippen LogP contribution >= 0.6 is 9.95 Å². The third-order valence-electron chi connectivity index (χ3n) is 6.05. The number of halogens is 1. The van der Waals surface area contributed by atoms with Crippen LogP contribution < -0.4 is 4.23 Å². The van der Waals surface area contributed by atoms with Crippen LogP contribution in [0.25, 0.3) is 0 Å². The van der Waals surface area contributed by atoms with E-state index < -0.39 is 38.9 Å². The van der Waals surface area contributed by atoms with Crippen molar-refractivity contribution in [2.45, 2.75) is 137 Å². The number of hydrazine groups is 1. The summed E-state index contributed by atoms with van der Waals surface area (Å²) in [6.07, 6.45) is 0. The minimum absolute atomic E-state index is 0.0109. The van der Waals surface area contributed by atoms with Crippen molar-refractivity contribution < 1.29 is 0 Å². The van der Waals surface area contributed by atoms with E-state index in [9.17, 15) is 0 Å². The second kappa shape index (κ2) is 10.5. The molecule has 0 saturated heterocycles. The van der Waals surface area contributed by atoms with Gasteiger partial charge in [0.2, 0.25) is 0 Å². The Morgan fingerprint density at radius 1 is 0.629 bits per heavy atom. The first-order valence-corrected chi connectivity index (χ1v) is 27.7. The van der Waals surface area contributed by atoms with E-state index in [1.54, 1.807) is 0 Å². The summed E-state index contributed by atoms with van der Waals surface area (Å²) in [5, 5.41) is 0. The molecule has 0 spiro atoms. The molecular weight excluding hydrogens is 561 g/mol. The average molecular weight is 618 g/mol. The molecule has 0 saturated carbocycles. The van der Waals surface area contributed by atoms with Crippen molar-refractivity contribution in [3.63, 3.8) is 0 Å². The van der Waals surface area contributed by atoms with E-state index in [2.05, 4.69) is 146 Å². The zero-order valence-corrected chi connectivity index (χ0v) is 32.0. The van der Waals surface area contributed by atoms with E-state index in [0.29, 0.717) is 0 Å². The molecule has 1 aromatic carbocycles. The summed E-state index contributed by atoms with van der Waals surface area (Å²) < 4.78 is 9.67. The van der Waals surface area contributed by atoms with E-state index in [1.807, 2.05) is 0 Å². The number of rotatable bonds is 7. The van der Waals surface area contributed by atoms with Crippen molar-refractivity contribution in [3.8, 4) is 0 Å². The Balaban J connectivity index is 3.93. The van der Waals surface area contributed by atoms with Crippen molar-refractivity contribution in [1.29, 1.82) is 0 Å². The number of hydrogen-bond acceptors (Lipinski definition) is 3. The van der Waals surface area contributed by atoms with Gasteiger partial charge < -0.3 is 0 Å². The predicted molar refractivity (Wildman–Crippen MR) is 171 cm³/mol. The molecule has 1 aromatic rings. The molecule has 1 unspecified atom stereocenters.